The molecule has 56 valence electrons. The van der Waals surface area contributed by atoms with E-state index in [1.54, 1.807) is 0 Å². The van der Waals surface area contributed by atoms with Gasteiger partial charge >= 0.3 is 5.97 Å². The van der Waals surface area contributed by atoms with E-state index in [1.165, 1.54) is 0 Å². The van der Waals surface area contributed by atoms with Crippen molar-refractivity contribution >= 4 is 11.9 Å². The van der Waals surface area contributed by atoms with Crippen LogP contribution in [0.15, 0.2) is 5.18 Å². The fourth-order valence-electron chi connectivity index (χ4n) is 0.313. The molecule has 0 aromatic carbocycles. The van der Waals surface area contributed by atoms with Gasteiger partial charge in [0.25, 0.3) is 5.91 Å². The minimum atomic E-state index is -1.33. The number of carbonyl (C=O) groups excluding carboxylic acids is 1. The molecule has 0 bridgehead atoms. The lowest BCUT2D eigenvalue weighted by Gasteiger charge is -1.98. The normalized spacial score (nSPS) is 12.1. The predicted molar refractivity (Wildman–Crippen MR) is 31.0 cm³/mol. The summed E-state index contributed by atoms with van der Waals surface area (Å²) in [6.45, 7) is 0. The van der Waals surface area contributed by atoms with Crippen molar-refractivity contribution in [3.8, 4) is 0 Å². The van der Waals surface area contributed by atoms with E-state index < -0.39 is 24.3 Å². The third kappa shape index (κ3) is 2.88. The second-order valence-corrected chi connectivity index (χ2v) is 1.63. The maximum absolute atomic E-state index is 10.1. The van der Waals surface area contributed by atoms with Crippen LogP contribution < -0.4 is 5.73 Å². The average molecular weight is 146 g/mol. The lowest BCUT2D eigenvalue weighted by Crippen LogP contribution is -2.31. The molecule has 0 aromatic heterocycles. The van der Waals surface area contributed by atoms with Crippen LogP contribution in [0.3, 0.4) is 0 Å². The van der Waals surface area contributed by atoms with E-state index >= 15 is 0 Å². The Kier molecular flexibility index (Phi) is 3.20. The van der Waals surface area contributed by atoms with Gasteiger partial charge in [-0.15, -0.1) is 4.91 Å². The number of amides is 1. The molecule has 0 spiro atoms. The number of carboxylic acids is 1. The molecule has 0 aliphatic carbocycles. The summed E-state index contributed by atoms with van der Waals surface area (Å²) in [5.74, 6) is -2.37. The zero-order valence-corrected chi connectivity index (χ0v) is 4.98. The van der Waals surface area contributed by atoms with Gasteiger partial charge in [-0.25, -0.2) is 0 Å². The Hall–Kier alpha value is -1.30. The van der Waals surface area contributed by atoms with Crippen molar-refractivity contribution < 1.29 is 14.7 Å². The van der Waals surface area contributed by atoms with Crippen LogP contribution in [-0.4, -0.2) is 23.0 Å². The second-order valence-electron chi connectivity index (χ2n) is 1.63. The largest absolute Gasteiger partial charge is 0.480 e. The quantitative estimate of drug-likeness (QED) is 0.500. The van der Waals surface area contributed by atoms with Crippen LogP contribution in [-0.2, 0) is 9.59 Å². The van der Waals surface area contributed by atoms with Crippen molar-refractivity contribution in [3.63, 3.8) is 0 Å². The zero-order chi connectivity index (χ0) is 8.15. The van der Waals surface area contributed by atoms with Gasteiger partial charge in [0.05, 0.1) is 6.42 Å². The molecule has 0 aliphatic heterocycles. The highest BCUT2D eigenvalue weighted by Crippen LogP contribution is 1.90. The van der Waals surface area contributed by atoms with Gasteiger partial charge in [0.15, 0.2) is 0 Å². The van der Waals surface area contributed by atoms with Gasteiger partial charge in [0, 0.05) is 5.18 Å². The molecule has 0 aliphatic rings. The standard InChI is InChI=1S/C4H6N2O4/c5-2(4(8)9)1-3(7)6-10/h2H,1,5H2,(H,8,9)/t2-/m0/s1. The summed E-state index contributed by atoms with van der Waals surface area (Å²) in [5.41, 5.74) is 4.87. The molecule has 3 N–H and O–H groups in total. The van der Waals surface area contributed by atoms with E-state index in [0.29, 0.717) is 0 Å². The van der Waals surface area contributed by atoms with Gasteiger partial charge in [-0.05, 0) is 0 Å². The van der Waals surface area contributed by atoms with E-state index in [9.17, 15) is 14.5 Å². The Bertz CT molecular complexity index is 167. The number of aliphatic carboxylic acids is 1. The Labute approximate surface area is 56.0 Å². The molecule has 0 saturated heterocycles. The van der Waals surface area contributed by atoms with Crippen molar-refractivity contribution in [2.75, 3.05) is 0 Å². The first kappa shape index (κ1) is 8.70. The maximum atomic E-state index is 10.1. The lowest BCUT2D eigenvalue weighted by molar-refractivity contribution is -0.140. The van der Waals surface area contributed by atoms with E-state index in [2.05, 4.69) is 0 Å². The average Bonchev–Trinajstić information content (AvgIpc) is 1.87. The third-order valence-electron chi connectivity index (χ3n) is 0.814. The molecule has 0 unspecified atom stereocenters. The topological polar surface area (TPSA) is 110 Å². The van der Waals surface area contributed by atoms with Gasteiger partial charge < -0.3 is 10.8 Å². The van der Waals surface area contributed by atoms with Crippen molar-refractivity contribution in [2.24, 2.45) is 10.9 Å². The smallest absolute Gasteiger partial charge is 0.321 e. The summed E-state index contributed by atoms with van der Waals surface area (Å²) in [6.07, 6.45) is -0.543. The molecule has 0 rings (SSSR count). The predicted octanol–water partition coefficient (Wildman–Crippen LogP) is -0.919. The highest BCUT2D eigenvalue weighted by molar-refractivity contribution is 5.84. The van der Waals surface area contributed by atoms with E-state index in [0.717, 1.165) is 0 Å². The summed E-state index contributed by atoms with van der Waals surface area (Å²) >= 11 is 0. The molecule has 0 heterocycles. The molecule has 0 saturated carbocycles. The monoisotopic (exact) mass is 146 g/mol. The maximum Gasteiger partial charge on any atom is 0.321 e. The number of nitrogens with zero attached hydrogens (tertiary/aromatic N) is 1. The molecular weight excluding hydrogens is 140 g/mol. The molecule has 0 aromatic rings. The van der Waals surface area contributed by atoms with Crippen LogP contribution in [0.1, 0.15) is 6.42 Å². The first-order valence-corrected chi connectivity index (χ1v) is 2.42. The van der Waals surface area contributed by atoms with E-state index in [-0.39, 0.29) is 0 Å². The lowest BCUT2D eigenvalue weighted by atomic mass is 10.2. The van der Waals surface area contributed by atoms with Gasteiger partial charge in [-0.3, -0.25) is 9.59 Å². The first-order valence-electron chi connectivity index (χ1n) is 2.42. The number of carbonyl (C=O) groups is 2. The zero-order valence-electron chi connectivity index (χ0n) is 4.98. The molecule has 1 atom stereocenters. The number of hydrogen-bond donors (Lipinski definition) is 2. The highest BCUT2D eigenvalue weighted by Gasteiger charge is 2.15. The molecular formula is C4H6N2O4. The number of hydrogen-bond acceptors (Lipinski definition) is 4. The summed E-state index contributed by atoms with van der Waals surface area (Å²) in [7, 11) is 0. The summed E-state index contributed by atoms with van der Waals surface area (Å²) in [6, 6.07) is -1.33. The number of carboxylic acid groups (broad SMARTS) is 1. The Morgan fingerprint density at radius 2 is 2.10 bits per heavy atom. The van der Waals surface area contributed by atoms with Crippen molar-refractivity contribution in [1.29, 1.82) is 0 Å². The molecule has 0 fully saturated rings. The number of nitrogens with two attached hydrogens (primary N) is 1. The fraction of sp³-hybridized carbons (Fsp3) is 0.500. The fourth-order valence-corrected chi connectivity index (χ4v) is 0.313. The Morgan fingerprint density at radius 1 is 1.60 bits per heavy atom. The van der Waals surface area contributed by atoms with Gasteiger partial charge in [-0.2, -0.15) is 0 Å². The highest BCUT2D eigenvalue weighted by atomic mass is 16.4. The number of nitroso groups, excluding NO2 is 1. The molecule has 6 nitrogen and oxygen atoms in total. The van der Waals surface area contributed by atoms with Crippen LogP contribution in [0.5, 0.6) is 0 Å². The van der Waals surface area contributed by atoms with Crippen molar-refractivity contribution in [1.82, 2.24) is 0 Å². The minimum absolute atomic E-state index is 0.543. The summed E-state index contributed by atoms with van der Waals surface area (Å²) in [5, 5.41) is 10.1. The van der Waals surface area contributed by atoms with Crippen LogP contribution in [0.4, 0.5) is 0 Å². The summed E-state index contributed by atoms with van der Waals surface area (Å²) in [4.78, 5) is 29.4. The molecule has 6 heteroatoms. The first-order chi connectivity index (χ1) is 4.57. The summed E-state index contributed by atoms with van der Waals surface area (Å²) < 4.78 is 0. The van der Waals surface area contributed by atoms with E-state index in [1.807, 2.05) is 5.18 Å². The minimum Gasteiger partial charge on any atom is -0.480 e. The Balaban J connectivity index is 3.79. The SMILES string of the molecule is N[C@@H](CC(=O)N=O)C(=O)O. The van der Waals surface area contributed by atoms with Gasteiger partial charge in [0.2, 0.25) is 0 Å². The number of rotatable bonds is 3. The van der Waals surface area contributed by atoms with Crippen LogP contribution in [0, 0.1) is 4.91 Å². The van der Waals surface area contributed by atoms with Crippen LogP contribution >= 0.6 is 0 Å². The van der Waals surface area contributed by atoms with Crippen molar-refractivity contribution in [2.45, 2.75) is 12.5 Å². The van der Waals surface area contributed by atoms with Gasteiger partial charge in [-0.1, -0.05) is 0 Å². The van der Waals surface area contributed by atoms with E-state index in [4.69, 9.17) is 10.8 Å². The third-order valence-corrected chi connectivity index (χ3v) is 0.814. The van der Waals surface area contributed by atoms with Crippen LogP contribution in [0.2, 0.25) is 0 Å². The molecule has 1 amide bonds. The Morgan fingerprint density at radius 3 is 2.40 bits per heavy atom. The molecule has 10 heavy (non-hydrogen) atoms. The molecule has 0 radical (unpaired) electrons. The van der Waals surface area contributed by atoms with Crippen LogP contribution in [0.25, 0.3) is 0 Å². The van der Waals surface area contributed by atoms with Crippen molar-refractivity contribution in [3.05, 3.63) is 4.91 Å². The van der Waals surface area contributed by atoms with Gasteiger partial charge in [0.1, 0.15) is 6.04 Å². The second kappa shape index (κ2) is 3.67.